The number of aromatic amines is 1. The number of benzene rings is 1. The largest absolute Gasteiger partial charge is 0.482 e. The Balaban J connectivity index is 1.09. The molecule has 44 heavy (non-hydrogen) atoms. The van der Waals surface area contributed by atoms with E-state index in [1.54, 1.807) is 36.7 Å². The molecule has 228 valence electrons. The van der Waals surface area contributed by atoms with Gasteiger partial charge in [-0.05, 0) is 33.6 Å². The Bertz CT molecular complexity index is 1680. The number of amides is 1. The maximum atomic E-state index is 15.3. The average Bonchev–Trinajstić information content (AvgIpc) is 3.04. The third-order valence-electron chi connectivity index (χ3n) is 7.56. The van der Waals surface area contributed by atoms with E-state index >= 15 is 4.39 Å². The second kappa shape index (κ2) is 13.6. The highest BCUT2D eigenvalue weighted by Gasteiger charge is 2.27. The molecule has 10 nitrogen and oxygen atoms in total. The highest BCUT2D eigenvalue weighted by Crippen LogP contribution is 2.36. The zero-order valence-corrected chi connectivity index (χ0v) is 25.4. The highest BCUT2D eigenvalue weighted by molar-refractivity contribution is 9.15. The van der Waals surface area contributed by atoms with Gasteiger partial charge in [-0.3, -0.25) is 19.5 Å². The van der Waals surface area contributed by atoms with Crippen LogP contribution in [0.1, 0.15) is 28.0 Å². The van der Waals surface area contributed by atoms with E-state index in [1.165, 1.54) is 12.3 Å². The molecule has 0 radical (unpaired) electrons. The lowest BCUT2D eigenvalue weighted by Crippen LogP contribution is -2.38. The van der Waals surface area contributed by atoms with Crippen molar-refractivity contribution < 1.29 is 23.4 Å². The molecule has 0 spiro atoms. The van der Waals surface area contributed by atoms with Crippen LogP contribution < -0.4 is 20.8 Å². The molecular weight excluding hydrogens is 633 g/mol. The summed E-state index contributed by atoms with van der Waals surface area (Å²) in [5.74, 6) is -0.0977. The fourth-order valence-corrected chi connectivity index (χ4v) is 5.79. The minimum absolute atomic E-state index is 0.0709. The zero-order chi connectivity index (χ0) is 30.5. The van der Waals surface area contributed by atoms with E-state index in [0.29, 0.717) is 46.1 Å². The summed E-state index contributed by atoms with van der Waals surface area (Å²) in [6, 6.07) is 10.8. The van der Waals surface area contributed by atoms with Gasteiger partial charge in [0.2, 0.25) is 11.3 Å². The normalized spacial score (nSPS) is 18.5. The molecule has 6 rings (SSSR count). The molecule has 1 fully saturated rings. The van der Waals surface area contributed by atoms with Gasteiger partial charge in [-0.15, -0.1) is 0 Å². The number of nitrogens with one attached hydrogen (secondary N) is 3. The molecule has 3 N–H and O–H groups in total. The van der Waals surface area contributed by atoms with Gasteiger partial charge in [0.05, 0.1) is 18.9 Å². The number of carbonyl (C=O) groups excluding carboxylic acids is 1. The van der Waals surface area contributed by atoms with Crippen LogP contribution >= 0.6 is 15.9 Å². The second-order valence-electron chi connectivity index (χ2n) is 10.4. The number of hydrogen-bond donors (Lipinski definition) is 3. The van der Waals surface area contributed by atoms with Gasteiger partial charge >= 0.3 is 0 Å². The van der Waals surface area contributed by atoms with E-state index < -0.39 is 23.3 Å². The van der Waals surface area contributed by atoms with Gasteiger partial charge in [0.15, 0.2) is 6.10 Å². The van der Waals surface area contributed by atoms with E-state index in [2.05, 4.69) is 41.4 Å². The van der Waals surface area contributed by atoms with Crippen LogP contribution in [0.5, 0.6) is 5.75 Å². The third-order valence-corrected chi connectivity index (χ3v) is 8.29. The van der Waals surface area contributed by atoms with Crippen LogP contribution in [0, 0.1) is 0 Å². The Morgan fingerprint density at radius 1 is 1.18 bits per heavy atom. The monoisotopic (exact) mass is 663 g/mol. The number of hydrogen-bond acceptors (Lipinski definition) is 8. The molecule has 2 aromatic heterocycles. The number of fused-ring (bicyclic) bond motifs is 1. The van der Waals surface area contributed by atoms with Gasteiger partial charge in [0, 0.05) is 68.0 Å². The molecule has 1 aliphatic carbocycles. The van der Waals surface area contributed by atoms with Crippen molar-refractivity contribution in [3.05, 3.63) is 112 Å². The second-order valence-corrected chi connectivity index (χ2v) is 11.2. The summed E-state index contributed by atoms with van der Waals surface area (Å²) in [6.45, 7) is 4.94. The van der Waals surface area contributed by atoms with Crippen LogP contribution in [0.2, 0.25) is 0 Å². The minimum atomic E-state index is -0.888. The van der Waals surface area contributed by atoms with Crippen molar-refractivity contribution in [3.63, 3.8) is 0 Å². The molecule has 1 unspecified atom stereocenters. The number of halogens is 2. The SMILES string of the molecule is O=C(NC1=CCC(Oc2ccnc3c2CNC(OCCN2CCOCC2)=C3Br)C(F)=C1)c1c[nH]cc(-c2ccccc2)c1=O. The molecule has 1 atom stereocenters. The fourth-order valence-electron chi connectivity index (χ4n) is 5.19. The molecule has 1 amide bonds. The summed E-state index contributed by atoms with van der Waals surface area (Å²) in [5.41, 5.74) is 2.25. The molecule has 3 aromatic rings. The maximum Gasteiger partial charge on any atom is 0.261 e. The van der Waals surface area contributed by atoms with Crippen LogP contribution in [-0.4, -0.2) is 66.3 Å². The topological polar surface area (TPSA) is 118 Å². The van der Waals surface area contributed by atoms with E-state index in [0.717, 1.165) is 38.4 Å². The number of aromatic nitrogens is 2. The van der Waals surface area contributed by atoms with E-state index in [9.17, 15) is 9.59 Å². The maximum absolute atomic E-state index is 15.3. The Kier molecular flexibility index (Phi) is 9.20. The molecule has 1 aromatic carbocycles. The smallest absolute Gasteiger partial charge is 0.261 e. The number of morpholine rings is 1. The van der Waals surface area contributed by atoms with Crippen molar-refractivity contribution in [2.45, 2.75) is 19.1 Å². The van der Waals surface area contributed by atoms with Crippen molar-refractivity contribution in [1.82, 2.24) is 25.5 Å². The predicted molar refractivity (Wildman–Crippen MR) is 166 cm³/mol. The standard InChI is InChI=1S/C32H31BrFN5O5/c33-28-29-23(19-37-32(28)43-15-12-39-10-13-42-14-11-39)26(8-9-36-29)44-27-7-6-21(16-25(27)34)38-31(41)24-18-35-17-22(30(24)40)20-4-2-1-3-5-20/h1-6,8-9,16-18,27,37H,7,10-15,19H2,(H,35,40)(H,38,41). The van der Waals surface area contributed by atoms with Crippen molar-refractivity contribution in [1.29, 1.82) is 0 Å². The van der Waals surface area contributed by atoms with Gasteiger partial charge < -0.3 is 29.8 Å². The summed E-state index contributed by atoms with van der Waals surface area (Å²) in [4.78, 5) is 35.6. The van der Waals surface area contributed by atoms with Crippen LogP contribution in [0.3, 0.4) is 0 Å². The number of carbonyl (C=O) groups is 1. The Labute approximate surface area is 261 Å². The highest BCUT2D eigenvalue weighted by atomic mass is 79.9. The molecule has 2 aliphatic heterocycles. The quantitative estimate of drug-likeness (QED) is 0.312. The number of allylic oxidation sites excluding steroid dienone is 1. The molecule has 0 saturated carbocycles. The van der Waals surface area contributed by atoms with E-state index in [4.69, 9.17) is 14.2 Å². The van der Waals surface area contributed by atoms with Gasteiger partial charge in [0.1, 0.15) is 28.2 Å². The number of nitrogens with zero attached hydrogens (tertiary/aromatic N) is 2. The number of rotatable bonds is 9. The van der Waals surface area contributed by atoms with E-state index in [1.807, 2.05) is 18.2 Å². The molecule has 0 bridgehead atoms. The van der Waals surface area contributed by atoms with Crippen LogP contribution in [0.4, 0.5) is 4.39 Å². The molecule has 1 saturated heterocycles. The van der Waals surface area contributed by atoms with Gasteiger partial charge in [-0.1, -0.05) is 36.4 Å². The van der Waals surface area contributed by atoms with Crippen molar-refractivity contribution >= 4 is 26.3 Å². The van der Waals surface area contributed by atoms with Crippen LogP contribution in [0.25, 0.3) is 15.6 Å². The molecule has 4 heterocycles. The van der Waals surface area contributed by atoms with Crippen LogP contribution in [-0.2, 0) is 16.0 Å². The number of ether oxygens (including phenoxy) is 3. The third kappa shape index (κ3) is 6.62. The van der Waals surface area contributed by atoms with E-state index in [-0.39, 0.29) is 17.7 Å². The van der Waals surface area contributed by atoms with Crippen LogP contribution in [0.15, 0.2) is 89.3 Å². The first-order valence-electron chi connectivity index (χ1n) is 14.3. The average molecular weight is 665 g/mol. The number of pyridine rings is 2. The lowest BCUT2D eigenvalue weighted by molar-refractivity contribution is 0.0265. The minimum Gasteiger partial charge on any atom is -0.482 e. The fraction of sp³-hybridized carbons (Fsp3) is 0.281. The molecular formula is C32H31BrFN5O5. The molecule has 3 aliphatic rings. The lowest BCUT2D eigenvalue weighted by atomic mass is 10.0. The lowest BCUT2D eigenvalue weighted by Gasteiger charge is -2.28. The summed E-state index contributed by atoms with van der Waals surface area (Å²) in [7, 11) is 0. The predicted octanol–water partition coefficient (Wildman–Crippen LogP) is 4.23. The zero-order valence-electron chi connectivity index (χ0n) is 23.8. The summed E-state index contributed by atoms with van der Waals surface area (Å²) in [6.07, 6.45) is 6.67. The van der Waals surface area contributed by atoms with Gasteiger partial charge in [0.25, 0.3) is 5.91 Å². The first-order valence-corrected chi connectivity index (χ1v) is 15.1. The van der Waals surface area contributed by atoms with Gasteiger partial charge in [-0.25, -0.2) is 4.39 Å². The Morgan fingerprint density at radius 3 is 2.80 bits per heavy atom. The molecule has 12 heteroatoms. The summed E-state index contributed by atoms with van der Waals surface area (Å²) < 4.78 is 33.4. The van der Waals surface area contributed by atoms with Gasteiger partial charge in [-0.2, -0.15) is 0 Å². The first-order chi connectivity index (χ1) is 21.5. The van der Waals surface area contributed by atoms with Crippen molar-refractivity contribution in [2.75, 3.05) is 39.5 Å². The Hall–Kier alpha value is -4.26. The number of H-pyrrole nitrogens is 1. The van der Waals surface area contributed by atoms with Crippen molar-refractivity contribution in [3.8, 4) is 16.9 Å². The first kappa shape index (κ1) is 29.8. The summed E-state index contributed by atoms with van der Waals surface area (Å²) >= 11 is 3.60. The van der Waals surface area contributed by atoms with Crippen molar-refractivity contribution in [2.24, 2.45) is 0 Å². The summed E-state index contributed by atoms with van der Waals surface area (Å²) in [5, 5.41) is 5.91. The Morgan fingerprint density at radius 2 is 2.00 bits per heavy atom.